The van der Waals surface area contributed by atoms with Gasteiger partial charge >= 0.3 is 0 Å². The Bertz CT molecular complexity index is 1880. The highest BCUT2D eigenvalue weighted by Crippen LogP contribution is 2.54. The van der Waals surface area contributed by atoms with E-state index in [1.54, 1.807) is 0 Å². The average molecular weight is 477 g/mol. The van der Waals surface area contributed by atoms with Gasteiger partial charge in [-0.1, -0.05) is 117 Å². The summed E-state index contributed by atoms with van der Waals surface area (Å²) < 4.78 is 0. The lowest BCUT2D eigenvalue weighted by molar-refractivity contribution is 0.666. The number of benzene rings is 6. The lowest BCUT2D eigenvalue weighted by Crippen LogP contribution is -2.15. The molecular formula is C35H24S. The van der Waals surface area contributed by atoms with E-state index in [9.17, 15) is 0 Å². The highest BCUT2D eigenvalue weighted by Gasteiger charge is 2.37. The number of fused-ring (bicyclic) bond motifs is 7. The van der Waals surface area contributed by atoms with Crippen molar-refractivity contribution in [1.29, 1.82) is 0 Å². The molecule has 0 saturated heterocycles. The van der Waals surface area contributed by atoms with E-state index >= 15 is 0 Å². The van der Waals surface area contributed by atoms with Crippen LogP contribution in [0.3, 0.4) is 0 Å². The number of hydrogen-bond donors (Lipinski definition) is 0. The van der Waals surface area contributed by atoms with Crippen molar-refractivity contribution < 1.29 is 0 Å². The van der Waals surface area contributed by atoms with Crippen molar-refractivity contribution in [3.63, 3.8) is 0 Å². The molecule has 0 N–H and O–H groups in total. The smallest absolute Gasteiger partial charge is 0.0207 e. The van der Waals surface area contributed by atoms with Gasteiger partial charge in [-0.3, -0.25) is 0 Å². The van der Waals surface area contributed by atoms with Crippen LogP contribution in [0.2, 0.25) is 0 Å². The minimum atomic E-state index is -0.0578. The summed E-state index contributed by atoms with van der Waals surface area (Å²) in [5, 5.41) is 5.38. The van der Waals surface area contributed by atoms with Crippen LogP contribution in [-0.2, 0) is 5.41 Å². The molecule has 6 aromatic carbocycles. The topological polar surface area (TPSA) is 0 Å². The molecule has 8 rings (SSSR count). The van der Waals surface area contributed by atoms with Crippen molar-refractivity contribution in [1.82, 2.24) is 0 Å². The zero-order valence-corrected chi connectivity index (χ0v) is 21.1. The molecule has 6 aromatic rings. The van der Waals surface area contributed by atoms with Crippen LogP contribution in [0.1, 0.15) is 25.0 Å². The molecule has 0 amide bonds. The van der Waals surface area contributed by atoms with Crippen molar-refractivity contribution in [2.24, 2.45) is 0 Å². The molecule has 0 unspecified atom stereocenters. The monoisotopic (exact) mass is 476 g/mol. The van der Waals surface area contributed by atoms with Crippen molar-refractivity contribution in [2.75, 3.05) is 0 Å². The van der Waals surface area contributed by atoms with Gasteiger partial charge < -0.3 is 0 Å². The van der Waals surface area contributed by atoms with Gasteiger partial charge in [0.05, 0.1) is 0 Å². The van der Waals surface area contributed by atoms with Crippen LogP contribution in [0.5, 0.6) is 0 Å². The minimum Gasteiger partial charge on any atom is -0.0888 e. The zero-order chi connectivity index (χ0) is 24.0. The van der Waals surface area contributed by atoms with Crippen molar-refractivity contribution >= 4 is 33.3 Å². The predicted molar refractivity (Wildman–Crippen MR) is 154 cm³/mol. The van der Waals surface area contributed by atoms with Gasteiger partial charge in [0.15, 0.2) is 0 Å². The van der Waals surface area contributed by atoms with Crippen LogP contribution in [0.25, 0.3) is 54.9 Å². The van der Waals surface area contributed by atoms with E-state index < -0.39 is 0 Å². The molecule has 0 saturated carbocycles. The third kappa shape index (κ3) is 2.61. The summed E-state index contributed by atoms with van der Waals surface area (Å²) in [6.07, 6.45) is 0. The molecular weight excluding hydrogens is 452 g/mol. The third-order valence-corrected chi connectivity index (χ3v) is 9.35. The van der Waals surface area contributed by atoms with Crippen LogP contribution < -0.4 is 0 Å². The van der Waals surface area contributed by atoms with Gasteiger partial charge in [0.2, 0.25) is 0 Å². The number of rotatable bonds is 1. The summed E-state index contributed by atoms with van der Waals surface area (Å²) in [5.41, 5.74) is 10.9. The normalized spacial score (nSPS) is 14.5. The Kier molecular flexibility index (Phi) is 4.03. The summed E-state index contributed by atoms with van der Waals surface area (Å²) >= 11 is 1.90. The van der Waals surface area contributed by atoms with Gasteiger partial charge in [-0.2, -0.15) is 0 Å². The molecule has 0 nitrogen and oxygen atoms in total. The minimum absolute atomic E-state index is 0.0578. The largest absolute Gasteiger partial charge is 0.0888 e. The maximum atomic E-state index is 2.46. The third-order valence-electron chi connectivity index (χ3n) is 8.23. The maximum Gasteiger partial charge on any atom is 0.0207 e. The highest BCUT2D eigenvalue weighted by molar-refractivity contribution is 7.99. The fraction of sp³-hybridized carbons (Fsp3) is 0.0857. The van der Waals surface area contributed by atoms with E-state index in [-0.39, 0.29) is 5.41 Å². The quantitative estimate of drug-likeness (QED) is 0.227. The van der Waals surface area contributed by atoms with E-state index in [1.807, 2.05) is 11.8 Å². The van der Waals surface area contributed by atoms with Gasteiger partial charge in [-0.05, 0) is 73.3 Å². The predicted octanol–water partition coefficient (Wildman–Crippen LogP) is 10.1. The summed E-state index contributed by atoms with van der Waals surface area (Å²) in [6.45, 7) is 4.78. The van der Waals surface area contributed by atoms with E-state index in [0.29, 0.717) is 0 Å². The number of hydrogen-bond acceptors (Lipinski definition) is 1. The second-order valence-electron chi connectivity index (χ2n) is 10.5. The van der Waals surface area contributed by atoms with Crippen molar-refractivity contribution in [3.05, 3.63) is 120 Å². The van der Waals surface area contributed by atoms with Crippen molar-refractivity contribution in [2.45, 2.75) is 29.1 Å². The van der Waals surface area contributed by atoms with Gasteiger partial charge in [0.25, 0.3) is 0 Å². The SMILES string of the molecule is CC1(C)c2cc(-c3cccc4c3-c3cccc5cccc(c35)S4)ccc2-c2ccc3ccccc3c21. The van der Waals surface area contributed by atoms with E-state index in [0.717, 1.165) is 0 Å². The molecule has 0 bridgehead atoms. The first kappa shape index (κ1) is 20.4. The Morgan fingerprint density at radius 3 is 2.19 bits per heavy atom. The lowest BCUT2D eigenvalue weighted by Gasteiger charge is -2.25. The molecule has 1 aliphatic carbocycles. The molecule has 1 aliphatic heterocycles. The molecule has 1 heterocycles. The Morgan fingerprint density at radius 1 is 0.556 bits per heavy atom. The molecule has 0 spiro atoms. The molecule has 2 aliphatic rings. The van der Waals surface area contributed by atoms with Crippen LogP contribution in [0, 0.1) is 0 Å². The fourth-order valence-electron chi connectivity index (χ4n) is 6.62. The van der Waals surface area contributed by atoms with Crippen LogP contribution in [0.4, 0.5) is 0 Å². The fourth-order valence-corrected chi connectivity index (χ4v) is 7.80. The van der Waals surface area contributed by atoms with Gasteiger partial charge in [-0.25, -0.2) is 0 Å². The van der Waals surface area contributed by atoms with E-state index in [4.69, 9.17) is 0 Å². The Morgan fingerprint density at radius 2 is 1.28 bits per heavy atom. The molecule has 36 heavy (non-hydrogen) atoms. The zero-order valence-electron chi connectivity index (χ0n) is 20.3. The first-order chi connectivity index (χ1) is 17.6. The first-order valence-electron chi connectivity index (χ1n) is 12.6. The second-order valence-corrected chi connectivity index (χ2v) is 11.6. The highest BCUT2D eigenvalue weighted by atomic mass is 32.2. The van der Waals surface area contributed by atoms with Crippen LogP contribution >= 0.6 is 11.8 Å². The molecule has 0 aromatic heterocycles. The van der Waals surface area contributed by atoms with Crippen LogP contribution in [-0.4, -0.2) is 0 Å². The summed E-state index contributed by atoms with van der Waals surface area (Å²) in [7, 11) is 0. The van der Waals surface area contributed by atoms with E-state index in [2.05, 4.69) is 123 Å². The average Bonchev–Trinajstić information content (AvgIpc) is 3.15. The van der Waals surface area contributed by atoms with Crippen molar-refractivity contribution in [3.8, 4) is 33.4 Å². The molecule has 0 fully saturated rings. The van der Waals surface area contributed by atoms with Gasteiger partial charge in [0, 0.05) is 26.2 Å². The first-order valence-corrected chi connectivity index (χ1v) is 13.4. The van der Waals surface area contributed by atoms with Gasteiger partial charge in [-0.15, -0.1) is 0 Å². The Balaban J connectivity index is 1.37. The second kappa shape index (κ2) is 7.12. The van der Waals surface area contributed by atoms with Crippen LogP contribution in [0.15, 0.2) is 119 Å². The Hall–Kier alpha value is -3.81. The summed E-state index contributed by atoms with van der Waals surface area (Å²) in [4.78, 5) is 2.69. The standard InChI is InChI=1S/C35H24S/c1-35(2)29-20-23(17-18-26(29)27-19-16-21-8-3-4-11-25(21)34(27)35)24-12-7-15-31-33(24)28-13-5-9-22-10-6-14-30(36-31)32(22)28/h3-20H,1-2H3. The molecule has 1 heteroatoms. The van der Waals surface area contributed by atoms with Gasteiger partial charge in [0.1, 0.15) is 0 Å². The molecule has 0 atom stereocenters. The lowest BCUT2D eigenvalue weighted by atomic mass is 9.79. The van der Waals surface area contributed by atoms with E-state index in [1.165, 1.54) is 75.8 Å². The Labute approximate surface area is 215 Å². The maximum absolute atomic E-state index is 2.46. The molecule has 170 valence electrons. The molecule has 0 radical (unpaired) electrons. The summed E-state index contributed by atoms with van der Waals surface area (Å²) in [5.74, 6) is 0. The summed E-state index contributed by atoms with van der Waals surface area (Å²) in [6, 6.07) is 40.8.